The Kier molecular flexibility index (Phi) is 6.41. The van der Waals surface area contributed by atoms with Crippen LogP contribution >= 0.6 is 0 Å². The Labute approximate surface area is 163 Å². The van der Waals surface area contributed by atoms with Crippen molar-refractivity contribution in [2.75, 3.05) is 13.6 Å². The van der Waals surface area contributed by atoms with E-state index in [1.807, 2.05) is 6.07 Å². The smallest absolute Gasteiger partial charge is 0.321 e. The number of carbonyl (C=O) groups excluding carboxylic acids is 2. The SMILES string of the molecule is CC1CCCCC1NC(=O)NC(=O)CN(C)Cc1nc2ccccc2c(=O)[nH]1. The third-order valence-electron chi connectivity index (χ3n) is 5.18. The molecule has 3 rings (SSSR count). The lowest BCUT2D eigenvalue weighted by atomic mass is 9.86. The molecule has 0 aliphatic heterocycles. The van der Waals surface area contributed by atoms with Crippen LogP contribution < -0.4 is 16.2 Å². The summed E-state index contributed by atoms with van der Waals surface area (Å²) in [6, 6.07) is 6.77. The first-order valence-corrected chi connectivity index (χ1v) is 9.69. The van der Waals surface area contributed by atoms with E-state index in [9.17, 15) is 14.4 Å². The number of urea groups is 1. The topological polar surface area (TPSA) is 107 Å². The third kappa shape index (κ3) is 5.16. The highest BCUT2D eigenvalue weighted by Crippen LogP contribution is 2.23. The zero-order chi connectivity index (χ0) is 20.1. The number of likely N-dealkylation sites (N-methyl/N-ethyl adjacent to an activating group) is 1. The quantitative estimate of drug-likeness (QED) is 0.727. The molecule has 150 valence electrons. The highest BCUT2D eigenvalue weighted by Gasteiger charge is 2.23. The van der Waals surface area contributed by atoms with Gasteiger partial charge in [0.2, 0.25) is 5.91 Å². The van der Waals surface area contributed by atoms with Crippen molar-refractivity contribution in [1.82, 2.24) is 25.5 Å². The highest BCUT2D eigenvalue weighted by atomic mass is 16.2. The monoisotopic (exact) mass is 385 g/mol. The van der Waals surface area contributed by atoms with E-state index in [0.29, 0.717) is 22.6 Å². The number of nitrogens with zero attached hydrogens (tertiary/aromatic N) is 2. The van der Waals surface area contributed by atoms with Crippen molar-refractivity contribution in [2.24, 2.45) is 5.92 Å². The predicted molar refractivity (Wildman–Crippen MR) is 107 cm³/mol. The van der Waals surface area contributed by atoms with E-state index in [-0.39, 0.29) is 24.7 Å². The summed E-state index contributed by atoms with van der Waals surface area (Å²) in [6.45, 7) is 2.43. The largest absolute Gasteiger partial charge is 0.335 e. The molecule has 0 radical (unpaired) electrons. The summed E-state index contributed by atoms with van der Waals surface area (Å²) >= 11 is 0. The average molecular weight is 385 g/mol. The normalized spacial score (nSPS) is 19.5. The summed E-state index contributed by atoms with van der Waals surface area (Å²) in [6.07, 6.45) is 4.33. The second kappa shape index (κ2) is 8.97. The van der Waals surface area contributed by atoms with Crippen LogP contribution in [0.3, 0.4) is 0 Å². The summed E-state index contributed by atoms with van der Waals surface area (Å²) in [7, 11) is 1.73. The van der Waals surface area contributed by atoms with Gasteiger partial charge in [0, 0.05) is 6.04 Å². The van der Waals surface area contributed by atoms with Gasteiger partial charge in [-0.15, -0.1) is 0 Å². The molecule has 3 amide bonds. The fraction of sp³-hybridized carbons (Fsp3) is 0.500. The number of para-hydroxylation sites is 1. The number of aromatic nitrogens is 2. The molecule has 1 aromatic carbocycles. The van der Waals surface area contributed by atoms with Crippen molar-refractivity contribution in [2.45, 2.75) is 45.2 Å². The van der Waals surface area contributed by atoms with E-state index in [2.05, 4.69) is 27.5 Å². The van der Waals surface area contributed by atoms with Gasteiger partial charge in [-0.2, -0.15) is 0 Å². The van der Waals surface area contributed by atoms with E-state index >= 15 is 0 Å². The number of fused-ring (bicyclic) bond motifs is 1. The first-order chi connectivity index (χ1) is 13.4. The number of rotatable bonds is 5. The number of H-pyrrole nitrogens is 1. The van der Waals surface area contributed by atoms with Gasteiger partial charge in [-0.05, 0) is 37.9 Å². The number of hydrogen-bond donors (Lipinski definition) is 3. The fourth-order valence-electron chi connectivity index (χ4n) is 3.67. The Hall–Kier alpha value is -2.74. The Balaban J connectivity index is 1.51. The van der Waals surface area contributed by atoms with E-state index < -0.39 is 11.9 Å². The van der Waals surface area contributed by atoms with Crippen LogP contribution in [0.1, 0.15) is 38.4 Å². The summed E-state index contributed by atoms with van der Waals surface area (Å²) < 4.78 is 0. The molecule has 2 aromatic rings. The van der Waals surface area contributed by atoms with Crippen LogP contribution in [0.25, 0.3) is 10.9 Å². The third-order valence-corrected chi connectivity index (χ3v) is 5.18. The molecule has 1 aromatic heterocycles. The average Bonchev–Trinajstić information content (AvgIpc) is 2.63. The maximum Gasteiger partial charge on any atom is 0.321 e. The molecule has 0 spiro atoms. The van der Waals surface area contributed by atoms with Gasteiger partial charge >= 0.3 is 6.03 Å². The number of nitrogens with one attached hydrogen (secondary N) is 3. The van der Waals surface area contributed by atoms with Gasteiger partial charge in [-0.3, -0.25) is 19.8 Å². The molecule has 8 nitrogen and oxygen atoms in total. The molecular formula is C20H27N5O3. The van der Waals surface area contributed by atoms with E-state index in [0.717, 1.165) is 19.3 Å². The standard InChI is InChI=1S/C20H27N5O3/c1-13-7-3-5-9-15(13)22-20(28)24-18(26)12-25(2)11-17-21-16-10-6-4-8-14(16)19(27)23-17/h4,6,8,10,13,15H,3,5,7,9,11-12H2,1-2H3,(H,21,23,27)(H2,22,24,26,28). The highest BCUT2D eigenvalue weighted by molar-refractivity contribution is 5.95. The molecule has 8 heteroatoms. The van der Waals surface area contributed by atoms with Gasteiger partial charge in [0.15, 0.2) is 0 Å². The molecular weight excluding hydrogens is 358 g/mol. The first kappa shape index (κ1) is 20.0. The predicted octanol–water partition coefficient (Wildman–Crippen LogP) is 1.76. The van der Waals surface area contributed by atoms with Crippen LogP contribution in [0, 0.1) is 5.92 Å². The molecule has 2 unspecified atom stereocenters. The van der Waals surface area contributed by atoms with Crippen LogP contribution in [0.15, 0.2) is 29.1 Å². The minimum atomic E-state index is -0.450. The van der Waals surface area contributed by atoms with Gasteiger partial charge in [0.1, 0.15) is 5.82 Å². The van der Waals surface area contributed by atoms with Crippen molar-refractivity contribution in [3.8, 4) is 0 Å². The van der Waals surface area contributed by atoms with Crippen molar-refractivity contribution >= 4 is 22.8 Å². The van der Waals surface area contributed by atoms with E-state index in [4.69, 9.17) is 0 Å². The lowest BCUT2D eigenvalue weighted by molar-refractivity contribution is -0.121. The van der Waals surface area contributed by atoms with Crippen LogP contribution in [-0.2, 0) is 11.3 Å². The molecule has 1 fully saturated rings. The molecule has 2 atom stereocenters. The van der Waals surface area contributed by atoms with E-state index in [1.165, 1.54) is 6.42 Å². The number of carbonyl (C=O) groups is 2. The van der Waals surface area contributed by atoms with Crippen LogP contribution in [0.5, 0.6) is 0 Å². The van der Waals surface area contributed by atoms with Gasteiger partial charge in [0.25, 0.3) is 5.56 Å². The van der Waals surface area contributed by atoms with Crippen LogP contribution in [0.4, 0.5) is 4.79 Å². The summed E-state index contributed by atoms with van der Waals surface area (Å²) in [5.74, 6) is 0.499. The van der Waals surface area contributed by atoms with Crippen molar-refractivity contribution in [1.29, 1.82) is 0 Å². The first-order valence-electron chi connectivity index (χ1n) is 9.69. The second-order valence-corrected chi connectivity index (χ2v) is 7.59. The summed E-state index contributed by atoms with van der Waals surface area (Å²) in [5.41, 5.74) is 0.402. The van der Waals surface area contributed by atoms with Gasteiger partial charge < -0.3 is 10.3 Å². The van der Waals surface area contributed by atoms with E-state index in [1.54, 1.807) is 30.1 Å². The zero-order valence-electron chi connectivity index (χ0n) is 16.3. The molecule has 0 bridgehead atoms. The number of hydrogen-bond acceptors (Lipinski definition) is 5. The van der Waals surface area contributed by atoms with Crippen LogP contribution in [-0.4, -0.2) is 46.4 Å². The Bertz CT molecular complexity index is 910. The Morgan fingerprint density at radius 2 is 2.00 bits per heavy atom. The molecule has 0 saturated heterocycles. The molecule has 1 aliphatic rings. The fourth-order valence-corrected chi connectivity index (χ4v) is 3.67. The lowest BCUT2D eigenvalue weighted by Gasteiger charge is -2.29. The van der Waals surface area contributed by atoms with Crippen molar-refractivity contribution in [3.63, 3.8) is 0 Å². The van der Waals surface area contributed by atoms with Crippen molar-refractivity contribution < 1.29 is 9.59 Å². The number of amides is 3. The number of imide groups is 1. The summed E-state index contributed by atoms with van der Waals surface area (Å²) in [4.78, 5) is 45.2. The lowest BCUT2D eigenvalue weighted by Crippen LogP contribution is -2.49. The van der Waals surface area contributed by atoms with Crippen LogP contribution in [0.2, 0.25) is 0 Å². The minimum Gasteiger partial charge on any atom is -0.335 e. The number of aromatic amines is 1. The Morgan fingerprint density at radius 1 is 1.25 bits per heavy atom. The molecule has 1 saturated carbocycles. The zero-order valence-corrected chi connectivity index (χ0v) is 16.3. The molecule has 1 heterocycles. The van der Waals surface area contributed by atoms with Gasteiger partial charge in [0.05, 0.1) is 24.0 Å². The number of benzene rings is 1. The Morgan fingerprint density at radius 3 is 2.79 bits per heavy atom. The molecule has 3 N–H and O–H groups in total. The van der Waals surface area contributed by atoms with Crippen molar-refractivity contribution in [3.05, 3.63) is 40.4 Å². The minimum absolute atomic E-state index is 0.0180. The van der Waals surface area contributed by atoms with Gasteiger partial charge in [-0.25, -0.2) is 9.78 Å². The maximum absolute atomic E-state index is 12.2. The summed E-state index contributed by atoms with van der Waals surface area (Å²) in [5, 5.41) is 5.81. The van der Waals surface area contributed by atoms with Gasteiger partial charge in [-0.1, -0.05) is 31.9 Å². The molecule has 28 heavy (non-hydrogen) atoms. The second-order valence-electron chi connectivity index (χ2n) is 7.59. The molecule has 1 aliphatic carbocycles. The maximum atomic E-state index is 12.2.